The standard InChI is InChI=1S/C9H5Cl3N2S/c10-6-2-1-3-7(11)5(6)4-8-13-9(12)15-14-8/h1-3H,4H2. The second-order valence-electron chi connectivity index (χ2n) is 2.84. The van der Waals surface area contributed by atoms with Gasteiger partial charge in [0.05, 0.1) is 0 Å². The Balaban J connectivity index is 2.31. The van der Waals surface area contributed by atoms with Crippen molar-refractivity contribution >= 4 is 46.3 Å². The second-order valence-corrected chi connectivity index (χ2v) is 4.99. The van der Waals surface area contributed by atoms with E-state index in [1.54, 1.807) is 18.2 Å². The third kappa shape index (κ3) is 2.61. The number of nitrogens with zero attached hydrogens (tertiary/aromatic N) is 2. The van der Waals surface area contributed by atoms with Crippen molar-refractivity contribution in [2.24, 2.45) is 0 Å². The Morgan fingerprint density at radius 2 is 1.80 bits per heavy atom. The molecule has 0 fully saturated rings. The Bertz CT molecular complexity index is 464. The van der Waals surface area contributed by atoms with Crippen molar-refractivity contribution in [2.45, 2.75) is 6.42 Å². The van der Waals surface area contributed by atoms with Gasteiger partial charge in [-0.3, -0.25) is 0 Å². The smallest absolute Gasteiger partial charge is 0.203 e. The van der Waals surface area contributed by atoms with E-state index in [0.717, 1.165) is 17.1 Å². The second kappa shape index (κ2) is 4.66. The molecule has 0 atom stereocenters. The first-order valence-electron chi connectivity index (χ1n) is 4.08. The van der Waals surface area contributed by atoms with E-state index in [1.807, 2.05) is 0 Å². The van der Waals surface area contributed by atoms with Crippen LogP contribution in [0.1, 0.15) is 11.4 Å². The van der Waals surface area contributed by atoms with Crippen LogP contribution in [0.5, 0.6) is 0 Å². The molecule has 1 aromatic heterocycles. The van der Waals surface area contributed by atoms with E-state index in [4.69, 9.17) is 34.8 Å². The number of hydrogen-bond donors (Lipinski definition) is 0. The molecule has 2 nitrogen and oxygen atoms in total. The van der Waals surface area contributed by atoms with Crippen molar-refractivity contribution in [3.8, 4) is 0 Å². The van der Waals surface area contributed by atoms with Crippen molar-refractivity contribution in [2.75, 3.05) is 0 Å². The molecule has 1 heterocycles. The van der Waals surface area contributed by atoms with Gasteiger partial charge in [-0.05, 0) is 40.8 Å². The summed E-state index contributed by atoms with van der Waals surface area (Å²) in [5, 5.41) is 1.24. The fraction of sp³-hybridized carbons (Fsp3) is 0.111. The fourth-order valence-electron chi connectivity index (χ4n) is 1.16. The van der Waals surface area contributed by atoms with Crippen molar-refractivity contribution in [1.82, 2.24) is 9.36 Å². The Hall–Kier alpha value is -0.350. The van der Waals surface area contributed by atoms with Crippen LogP contribution in [0.3, 0.4) is 0 Å². The molecule has 0 bridgehead atoms. The van der Waals surface area contributed by atoms with Crippen LogP contribution in [0.4, 0.5) is 0 Å². The summed E-state index contributed by atoms with van der Waals surface area (Å²) in [5.41, 5.74) is 0.829. The molecule has 0 saturated heterocycles. The van der Waals surface area contributed by atoms with E-state index in [-0.39, 0.29) is 0 Å². The van der Waals surface area contributed by atoms with Crippen LogP contribution < -0.4 is 0 Å². The van der Waals surface area contributed by atoms with Crippen LogP contribution in [0.15, 0.2) is 18.2 Å². The van der Waals surface area contributed by atoms with Crippen LogP contribution >= 0.6 is 46.3 Å². The van der Waals surface area contributed by atoms with Gasteiger partial charge in [0.15, 0.2) is 0 Å². The zero-order chi connectivity index (χ0) is 10.8. The molecule has 2 rings (SSSR count). The molecule has 15 heavy (non-hydrogen) atoms. The SMILES string of the molecule is Clc1nc(Cc2c(Cl)cccc2Cl)ns1. The minimum absolute atomic E-state index is 0.424. The van der Waals surface area contributed by atoms with Gasteiger partial charge in [0.2, 0.25) is 4.47 Å². The molecule has 0 N–H and O–H groups in total. The van der Waals surface area contributed by atoms with Gasteiger partial charge in [-0.25, -0.2) is 4.98 Å². The molecule has 0 spiro atoms. The van der Waals surface area contributed by atoms with E-state index < -0.39 is 0 Å². The molecule has 2 aromatic rings. The zero-order valence-corrected chi connectivity index (χ0v) is 10.5. The molecular weight excluding hydrogens is 275 g/mol. The van der Waals surface area contributed by atoms with Gasteiger partial charge >= 0.3 is 0 Å². The largest absolute Gasteiger partial charge is 0.208 e. The quantitative estimate of drug-likeness (QED) is 0.827. The van der Waals surface area contributed by atoms with Crippen molar-refractivity contribution < 1.29 is 0 Å². The lowest BCUT2D eigenvalue weighted by Gasteiger charge is -2.03. The van der Waals surface area contributed by atoms with Crippen LogP contribution in [-0.4, -0.2) is 9.36 Å². The van der Waals surface area contributed by atoms with E-state index in [2.05, 4.69) is 9.36 Å². The minimum Gasteiger partial charge on any atom is -0.208 e. The summed E-state index contributed by atoms with van der Waals surface area (Å²) in [4.78, 5) is 4.04. The molecule has 0 amide bonds. The zero-order valence-electron chi connectivity index (χ0n) is 7.38. The predicted molar refractivity (Wildman–Crippen MR) is 64.2 cm³/mol. The summed E-state index contributed by atoms with van der Waals surface area (Å²) in [6, 6.07) is 5.38. The van der Waals surface area contributed by atoms with Crippen LogP contribution in [0.25, 0.3) is 0 Å². The maximum Gasteiger partial charge on any atom is 0.203 e. The number of hydrogen-bond acceptors (Lipinski definition) is 3. The van der Waals surface area contributed by atoms with Crippen molar-refractivity contribution in [3.63, 3.8) is 0 Å². The summed E-state index contributed by atoms with van der Waals surface area (Å²) in [6.45, 7) is 0. The maximum atomic E-state index is 6.02. The van der Waals surface area contributed by atoms with Gasteiger partial charge in [-0.1, -0.05) is 29.3 Å². The van der Waals surface area contributed by atoms with Gasteiger partial charge < -0.3 is 0 Å². The third-order valence-electron chi connectivity index (χ3n) is 1.84. The highest BCUT2D eigenvalue weighted by atomic mass is 35.5. The first-order valence-corrected chi connectivity index (χ1v) is 5.98. The summed E-state index contributed by atoms with van der Waals surface area (Å²) >= 11 is 18.9. The van der Waals surface area contributed by atoms with Crippen molar-refractivity contribution in [1.29, 1.82) is 0 Å². The monoisotopic (exact) mass is 278 g/mol. The lowest BCUT2D eigenvalue weighted by molar-refractivity contribution is 1.04. The summed E-state index contributed by atoms with van der Waals surface area (Å²) < 4.78 is 4.50. The minimum atomic E-state index is 0.424. The highest BCUT2D eigenvalue weighted by molar-refractivity contribution is 7.10. The Morgan fingerprint density at radius 3 is 2.33 bits per heavy atom. The molecular formula is C9H5Cl3N2S. The maximum absolute atomic E-state index is 6.02. The van der Waals surface area contributed by atoms with Gasteiger partial charge in [-0.2, -0.15) is 4.37 Å². The number of halogens is 3. The number of aromatic nitrogens is 2. The van der Waals surface area contributed by atoms with Crippen LogP contribution in [-0.2, 0) is 6.42 Å². The normalized spacial score (nSPS) is 10.6. The molecule has 0 aliphatic heterocycles. The van der Waals surface area contributed by atoms with Gasteiger partial charge in [-0.15, -0.1) is 0 Å². The van der Waals surface area contributed by atoms with E-state index in [9.17, 15) is 0 Å². The number of benzene rings is 1. The Morgan fingerprint density at radius 1 is 1.13 bits per heavy atom. The predicted octanol–water partition coefficient (Wildman–Crippen LogP) is 4.09. The van der Waals surface area contributed by atoms with E-state index in [0.29, 0.717) is 26.8 Å². The third-order valence-corrected chi connectivity index (χ3v) is 3.38. The van der Waals surface area contributed by atoms with Crippen molar-refractivity contribution in [3.05, 3.63) is 44.1 Å². The van der Waals surface area contributed by atoms with Gasteiger partial charge in [0.1, 0.15) is 5.82 Å². The molecule has 1 aromatic carbocycles. The lowest BCUT2D eigenvalue weighted by atomic mass is 10.1. The average molecular weight is 280 g/mol. The lowest BCUT2D eigenvalue weighted by Crippen LogP contribution is -1.92. The molecule has 6 heteroatoms. The first kappa shape index (κ1) is 11.1. The topological polar surface area (TPSA) is 25.8 Å². The van der Waals surface area contributed by atoms with Crippen LogP contribution in [0, 0.1) is 0 Å². The highest BCUT2D eigenvalue weighted by Crippen LogP contribution is 2.26. The van der Waals surface area contributed by atoms with Gasteiger partial charge in [0, 0.05) is 16.5 Å². The summed E-state index contributed by atoms with van der Waals surface area (Å²) in [5.74, 6) is 0.639. The fourth-order valence-corrected chi connectivity index (χ4v) is 2.33. The Kier molecular flexibility index (Phi) is 3.46. The molecule has 0 unspecified atom stereocenters. The highest BCUT2D eigenvalue weighted by Gasteiger charge is 2.09. The van der Waals surface area contributed by atoms with Crippen LogP contribution in [0.2, 0.25) is 14.5 Å². The summed E-state index contributed by atoms with van der Waals surface area (Å²) in [6.07, 6.45) is 0.502. The Labute approximate surface area is 106 Å². The molecule has 0 radical (unpaired) electrons. The van der Waals surface area contributed by atoms with E-state index in [1.165, 1.54) is 0 Å². The number of rotatable bonds is 2. The average Bonchev–Trinajstić information content (AvgIpc) is 2.58. The summed E-state index contributed by atoms with van der Waals surface area (Å²) in [7, 11) is 0. The molecule has 0 aliphatic rings. The molecule has 78 valence electrons. The molecule has 0 saturated carbocycles. The molecule has 0 aliphatic carbocycles. The first-order chi connectivity index (χ1) is 7.16. The van der Waals surface area contributed by atoms with Gasteiger partial charge in [0.25, 0.3) is 0 Å². The van der Waals surface area contributed by atoms with E-state index >= 15 is 0 Å².